The van der Waals surface area contributed by atoms with Gasteiger partial charge in [-0.05, 0) is 48.1 Å². The van der Waals surface area contributed by atoms with Crippen molar-refractivity contribution < 1.29 is 14.3 Å². The van der Waals surface area contributed by atoms with Crippen molar-refractivity contribution in [3.63, 3.8) is 0 Å². The Morgan fingerprint density at radius 2 is 1.64 bits per heavy atom. The topological polar surface area (TPSA) is 38.8 Å². The first-order valence-electron chi connectivity index (χ1n) is 8.76. The number of ketones is 1. The van der Waals surface area contributed by atoms with Gasteiger partial charge in [0.1, 0.15) is 18.5 Å². The van der Waals surface area contributed by atoms with Gasteiger partial charge in [-0.15, -0.1) is 0 Å². The summed E-state index contributed by atoms with van der Waals surface area (Å²) in [5.41, 5.74) is 4.69. The third-order valence-corrected chi connectivity index (χ3v) is 4.55. The fourth-order valence-electron chi connectivity index (χ4n) is 2.94. The summed E-state index contributed by atoms with van der Waals surface area (Å²) >= 11 is 0. The van der Waals surface area contributed by atoms with E-state index in [0.29, 0.717) is 17.7 Å². The number of carbonyl (C=O) groups excluding carboxylic acids is 1. The average Bonchev–Trinajstić information content (AvgIpc) is 3.37. The zero-order valence-corrected chi connectivity index (χ0v) is 15.7. The molecular formula is C22H26O3. The van der Waals surface area contributed by atoms with Crippen LogP contribution in [0.15, 0.2) is 36.4 Å². The van der Waals surface area contributed by atoms with E-state index in [4.69, 9.17) is 9.47 Å². The summed E-state index contributed by atoms with van der Waals surface area (Å²) in [5.74, 6) is 0.902. The standard InChI is InChI=1S/C22H26O3/c1-14-10-17(11-15(2)21(14)25-13-19-12-24-19)20(23)16-6-8-18(9-7-16)22(3,4)5/h6-11,19H,12-13H2,1-5H3. The molecule has 0 bridgehead atoms. The molecule has 2 aromatic rings. The molecule has 0 spiro atoms. The molecule has 1 heterocycles. The second-order valence-electron chi connectivity index (χ2n) is 7.86. The van der Waals surface area contributed by atoms with Gasteiger partial charge in [-0.1, -0.05) is 45.0 Å². The predicted molar refractivity (Wildman–Crippen MR) is 99.7 cm³/mol. The van der Waals surface area contributed by atoms with Crippen LogP contribution in [0, 0.1) is 13.8 Å². The Kier molecular flexibility index (Phi) is 4.70. The summed E-state index contributed by atoms with van der Waals surface area (Å²) in [6, 6.07) is 11.7. The van der Waals surface area contributed by atoms with Gasteiger partial charge in [-0.2, -0.15) is 0 Å². The summed E-state index contributed by atoms with van der Waals surface area (Å²) in [7, 11) is 0. The molecule has 2 aromatic carbocycles. The van der Waals surface area contributed by atoms with Crippen molar-refractivity contribution in [1.29, 1.82) is 0 Å². The minimum Gasteiger partial charge on any atom is -0.490 e. The molecule has 3 nitrogen and oxygen atoms in total. The molecule has 3 heteroatoms. The lowest BCUT2D eigenvalue weighted by atomic mass is 9.86. The first kappa shape index (κ1) is 17.7. The second-order valence-corrected chi connectivity index (χ2v) is 7.86. The maximum absolute atomic E-state index is 12.8. The van der Waals surface area contributed by atoms with Gasteiger partial charge >= 0.3 is 0 Å². The molecule has 1 aliphatic heterocycles. The van der Waals surface area contributed by atoms with Crippen molar-refractivity contribution >= 4 is 5.78 Å². The Morgan fingerprint density at radius 1 is 1.08 bits per heavy atom. The van der Waals surface area contributed by atoms with E-state index in [9.17, 15) is 4.79 Å². The third kappa shape index (κ3) is 4.10. The van der Waals surface area contributed by atoms with Gasteiger partial charge in [-0.25, -0.2) is 0 Å². The molecule has 25 heavy (non-hydrogen) atoms. The Hall–Kier alpha value is -2.13. The Balaban J connectivity index is 1.81. The number of epoxide rings is 1. The van der Waals surface area contributed by atoms with E-state index in [-0.39, 0.29) is 17.3 Å². The maximum Gasteiger partial charge on any atom is 0.193 e. The normalized spacial score (nSPS) is 16.6. The number of hydrogen-bond acceptors (Lipinski definition) is 3. The van der Waals surface area contributed by atoms with Crippen molar-refractivity contribution in [3.05, 3.63) is 64.2 Å². The van der Waals surface area contributed by atoms with Crippen LogP contribution in [0.1, 0.15) is 53.4 Å². The molecule has 0 N–H and O–H groups in total. The lowest BCUT2D eigenvalue weighted by Crippen LogP contribution is -2.11. The molecular weight excluding hydrogens is 312 g/mol. The fourth-order valence-corrected chi connectivity index (χ4v) is 2.94. The molecule has 0 radical (unpaired) electrons. The van der Waals surface area contributed by atoms with E-state index in [2.05, 4.69) is 20.8 Å². The highest BCUT2D eigenvalue weighted by molar-refractivity contribution is 6.09. The van der Waals surface area contributed by atoms with Crippen molar-refractivity contribution in [1.82, 2.24) is 0 Å². The van der Waals surface area contributed by atoms with Crippen LogP contribution in [0.2, 0.25) is 0 Å². The quantitative estimate of drug-likeness (QED) is 0.590. The zero-order valence-electron chi connectivity index (χ0n) is 15.7. The van der Waals surface area contributed by atoms with Crippen LogP contribution in [0.5, 0.6) is 5.75 Å². The Bertz CT molecular complexity index is 755. The van der Waals surface area contributed by atoms with Crippen molar-refractivity contribution in [3.8, 4) is 5.75 Å². The van der Waals surface area contributed by atoms with Gasteiger partial charge in [0.05, 0.1) is 6.61 Å². The highest BCUT2D eigenvalue weighted by Gasteiger charge is 2.24. The van der Waals surface area contributed by atoms with E-state index < -0.39 is 0 Å². The Labute approximate surface area is 150 Å². The summed E-state index contributed by atoms with van der Waals surface area (Å²) in [4.78, 5) is 12.8. The van der Waals surface area contributed by atoms with Crippen LogP contribution < -0.4 is 4.74 Å². The van der Waals surface area contributed by atoms with Crippen LogP contribution in [0.3, 0.4) is 0 Å². The fraction of sp³-hybridized carbons (Fsp3) is 0.409. The monoisotopic (exact) mass is 338 g/mol. The SMILES string of the molecule is Cc1cc(C(=O)c2ccc(C(C)(C)C)cc2)cc(C)c1OCC1CO1. The van der Waals surface area contributed by atoms with Crippen LogP contribution in [-0.4, -0.2) is 25.1 Å². The second kappa shape index (κ2) is 6.64. The average molecular weight is 338 g/mol. The number of ether oxygens (including phenoxy) is 2. The van der Waals surface area contributed by atoms with E-state index in [1.807, 2.05) is 50.2 Å². The first-order chi connectivity index (χ1) is 11.8. The molecule has 0 amide bonds. The molecule has 1 unspecified atom stereocenters. The number of hydrogen-bond donors (Lipinski definition) is 0. The molecule has 1 saturated heterocycles. The zero-order chi connectivity index (χ0) is 18.2. The predicted octanol–water partition coefficient (Wildman–Crippen LogP) is 4.61. The van der Waals surface area contributed by atoms with E-state index in [1.54, 1.807) is 0 Å². The van der Waals surface area contributed by atoms with Gasteiger partial charge in [0, 0.05) is 11.1 Å². The molecule has 0 saturated carbocycles. The van der Waals surface area contributed by atoms with Crippen LogP contribution in [-0.2, 0) is 10.2 Å². The van der Waals surface area contributed by atoms with Crippen molar-refractivity contribution in [2.24, 2.45) is 0 Å². The Morgan fingerprint density at radius 3 is 2.12 bits per heavy atom. The minimum absolute atomic E-state index is 0.0451. The summed E-state index contributed by atoms with van der Waals surface area (Å²) in [6.07, 6.45) is 0.224. The van der Waals surface area contributed by atoms with Crippen molar-refractivity contribution in [2.75, 3.05) is 13.2 Å². The lowest BCUT2D eigenvalue weighted by Gasteiger charge is -2.19. The maximum atomic E-state index is 12.8. The smallest absolute Gasteiger partial charge is 0.193 e. The summed E-state index contributed by atoms with van der Waals surface area (Å²) < 4.78 is 11.0. The summed E-state index contributed by atoms with van der Waals surface area (Å²) in [6.45, 7) is 11.8. The first-order valence-corrected chi connectivity index (χ1v) is 8.76. The number of carbonyl (C=O) groups is 1. The highest BCUT2D eigenvalue weighted by atomic mass is 16.6. The van der Waals surface area contributed by atoms with E-state index >= 15 is 0 Å². The number of rotatable bonds is 5. The van der Waals surface area contributed by atoms with Crippen LogP contribution in [0.25, 0.3) is 0 Å². The molecule has 1 fully saturated rings. The van der Waals surface area contributed by atoms with Gasteiger partial charge in [0.2, 0.25) is 0 Å². The molecule has 0 aromatic heterocycles. The van der Waals surface area contributed by atoms with Gasteiger partial charge in [0.25, 0.3) is 0 Å². The highest BCUT2D eigenvalue weighted by Crippen LogP contribution is 2.28. The van der Waals surface area contributed by atoms with Crippen molar-refractivity contribution in [2.45, 2.75) is 46.1 Å². The van der Waals surface area contributed by atoms with Gasteiger partial charge < -0.3 is 9.47 Å². The molecule has 132 valence electrons. The summed E-state index contributed by atoms with van der Waals surface area (Å²) in [5, 5.41) is 0. The van der Waals surface area contributed by atoms with Crippen LogP contribution >= 0.6 is 0 Å². The van der Waals surface area contributed by atoms with Crippen LogP contribution in [0.4, 0.5) is 0 Å². The largest absolute Gasteiger partial charge is 0.490 e. The number of benzene rings is 2. The molecule has 1 aliphatic rings. The van der Waals surface area contributed by atoms with Gasteiger partial charge in [0.15, 0.2) is 5.78 Å². The minimum atomic E-state index is 0.0451. The molecule has 0 aliphatic carbocycles. The molecule has 3 rings (SSSR count). The lowest BCUT2D eigenvalue weighted by molar-refractivity contribution is 0.103. The number of aryl methyl sites for hydroxylation is 2. The third-order valence-electron chi connectivity index (χ3n) is 4.55. The van der Waals surface area contributed by atoms with E-state index in [0.717, 1.165) is 23.5 Å². The molecule has 1 atom stereocenters. The van der Waals surface area contributed by atoms with Gasteiger partial charge in [-0.3, -0.25) is 4.79 Å². The van der Waals surface area contributed by atoms with E-state index in [1.165, 1.54) is 5.56 Å².